The first-order valence-corrected chi connectivity index (χ1v) is 10.9. The van der Waals surface area contributed by atoms with Crippen molar-refractivity contribution in [2.24, 2.45) is 0 Å². The van der Waals surface area contributed by atoms with Gasteiger partial charge in [-0.15, -0.1) is 11.3 Å². The molecule has 0 fully saturated rings. The number of nitrogens with zero attached hydrogens (tertiary/aromatic N) is 2. The number of nitrogens with one attached hydrogen (secondary N) is 1. The van der Waals surface area contributed by atoms with Gasteiger partial charge in [0.2, 0.25) is 0 Å². The van der Waals surface area contributed by atoms with Gasteiger partial charge in [0.05, 0.1) is 23.6 Å². The molecule has 154 valence electrons. The zero-order valence-electron chi connectivity index (χ0n) is 16.9. The van der Waals surface area contributed by atoms with E-state index in [4.69, 9.17) is 5.26 Å². The molecule has 2 aromatic heterocycles. The molecule has 0 unspecified atom stereocenters. The van der Waals surface area contributed by atoms with Crippen molar-refractivity contribution in [1.29, 1.82) is 5.26 Å². The van der Waals surface area contributed by atoms with E-state index in [0.717, 1.165) is 27.8 Å². The molecule has 0 spiro atoms. The van der Waals surface area contributed by atoms with Crippen molar-refractivity contribution in [3.05, 3.63) is 116 Å². The summed E-state index contributed by atoms with van der Waals surface area (Å²) in [5, 5.41) is 11.5. The van der Waals surface area contributed by atoms with Crippen LogP contribution in [-0.4, -0.2) is 9.55 Å². The molecule has 3 aromatic carbocycles. The van der Waals surface area contributed by atoms with Crippen LogP contribution in [0, 0.1) is 11.3 Å². The van der Waals surface area contributed by atoms with Gasteiger partial charge in [0, 0.05) is 10.9 Å². The number of aromatic nitrogens is 2. The minimum Gasteiger partial charge on any atom is -0.298 e. The molecule has 0 aliphatic rings. The molecule has 0 bridgehead atoms. The Morgan fingerprint density at radius 2 is 1.59 bits per heavy atom. The van der Waals surface area contributed by atoms with Crippen LogP contribution in [0.15, 0.2) is 93.8 Å². The number of aromatic amines is 1. The number of nitriles is 1. The van der Waals surface area contributed by atoms with Gasteiger partial charge in [-0.05, 0) is 34.4 Å². The largest absolute Gasteiger partial charge is 0.329 e. The summed E-state index contributed by atoms with van der Waals surface area (Å²) in [5.74, 6) is 0. The van der Waals surface area contributed by atoms with Crippen molar-refractivity contribution in [3.63, 3.8) is 0 Å². The summed E-state index contributed by atoms with van der Waals surface area (Å²) in [6.45, 7) is 0.0991. The normalized spacial score (nSPS) is 10.8. The molecule has 5 rings (SSSR count). The Morgan fingerprint density at radius 1 is 0.875 bits per heavy atom. The van der Waals surface area contributed by atoms with E-state index in [2.05, 4.69) is 23.2 Å². The molecule has 2 heterocycles. The van der Waals surface area contributed by atoms with Crippen molar-refractivity contribution < 1.29 is 0 Å². The van der Waals surface area contributed by atoms with E-state index in [9.17, 15) is 9.59 Å². The maximum absolute atomic E-state index is 13.3. The van der Waals surface area contributed by atoms with Crippen LogP contribution >= 0.6 is 11.3 Å². The van der Waals surface area contributed by atoms with E-state index in [1.165, 1.54) is 15.9 Å². The highest BCUT2D eigenvalue weighted by Crippen LogP contribution is 2.31. The first-order valence-electron chi connectivity index (χ1n) is 10.0. The van der Waals surface area contributed by atoms with Crippen molar-refractivity contribution in [2.45, 2.75) is 6.54 Å². The Balaban J connectivity index is 1.58. The Hall–Kier alpha value is -4.21. The monoisotopic (exact) mass is 435 g/mol. The second-order valence-corrected chi connectivity index (χ2v) is 8.31. The Bertz CT molecular complexity index is 1590. The molecule has 6 heteroatoms. The van der Waals surface area contributed by atoms with E-state index in [1.54, 1.807) is 24.3 Å². The van der Waals surface area contributed by atoms with Gasteiger partial charge in [-0.1, -0.05) is 66.7 Å². The minimum atomic E-state index is -0.460. The van der Waals surface area contributed by atoms with E-state index in [0.29, 0.717) is 15.8 Å². The van der Waals surface area contributed by atoms with Crippen LogP contribution in [0.1, 0.15) is 11.1 Å². The molecule has 0 saturated heterocycles. The number of fused-ring (bicyclic) bond motifs is 1. The first-order chi connectivity index (χ1) is 15.6. The number of H-pyrrole nitrogens is 1. The maximum Gasteiger partial charge on any atom is 0.329 e. The summed E-state index contributed by atoms with van der Waals surface area (Å²) < 4.78 is 1.19. The predicted molar refractivity (Wildman–Crippen MR) is 128 cm³/mol. The predicted octanol–water partition coefficient (Wildman–Crippen LogP) is 5.01. The van der Waals surface area contributed by atoms with Crippen LogP contribution in [0.5, 0.6) is 0 Å². The SMILES string of the molecule is N#Cc1cccc(Cn2c(=O)[nH]c3scc(-c4ccc(-c5ccccc5)cc4)c3c2=O)c1. The molecule has 5 aromatic rings. The average molecular weight is 436 g/mol. The lowest BCUT2D eigenvalue weighted by atomic mass is 10.0. The maximum atomic E-state index is 13.3. The zero-order chi connectivity index (χ0) is 22.1. The Labute approximate surface area is 187 Å². The molecule has 0 atom stereocenters. The quantitative estimate of drug-likeness (QED) is 0.431. The molecule has 0 aliphatic carbocycles. The van der Waals surface area contributed by atoms with Crippen LogP contribution in [0.4, 0.5) is 0 Å². The summed E-state index contributed by atoms with van der Waals surface area (Å²) in [7, 11) is 0. The fraction of sp³-hybridized carbons (Fsp3) is 0.0385. The third kappa shape index (κ3) is 3.55. The molecular weight excluding hydrogens is 418 g/mol. The van der Waals surface area contributed by atoms with Gasteiger partial charge in [-0.2, -0.15) is 5.26 Å². The number of benzene rings is 3. The topological polar surface area (TPSA) is 78.7 Å². The van der Waals surface area contributed by atoms with Crippen LogP contribution in [0.25, 0.3) is 32.5 Å². The summed E-state index contributed by atoms with van der Waals surface area (Å²) in [6.07, 6.45) is 0. The Kier molecular flexibility index (Phi) is 5.02. The lowest BCUT2D eigenvalue weighted by Crippen LogP contribution is -2.35. The fourth-order valence-corrected chi connectivity index (χ4v) is 4.76. The van der Waals surface area contributed by atoms with Gasteiger partial charge < -0.3 is 0 Å². The van der Waals surface area contributed by atoms with Gasteiger partial charge in [-0.3, -0.25) is 14.3 Å². The summed E-state index contributed by atoms with van der Waals surface area (Å²) in [6, 6.07) is 27.2. The van der Waals surface area contributed by atoms with Crippen molar-refractivity contribution >= 4 is 21.6 Å². The van der Waals surface area contributed by atoms with Crippen molar-refractivity contribution in [1.82, 2.24) is 9.55 Å². The zero-order valence-corrected chi connectivity index (χ0v) is 17.7. The highest BCUT2D eigenvalue weighted by Gasteiger charge is 2.15. The van der Waals surface area contributed by atoms with Crippen molar-refractivity contribution in [3.8, 4) is 28.3 Å². The first kappa shape index (κ1) is 19.7. The van der Waals surface area contributed by atoms with Crippen LogP contribution in [-0.2, 0) is 6.54 Å². The van der Waals surface area contributed by atoms with E-state index in [1.807, 2.05) is 47.8 Å². The Morgan fingerprint density at radius 3 is 2.34 bits per heavy atom. The number of hydrogen-bond donors (Lipinski definition) is 1. The molecule has 1 N–H and O–H groups in total. The van der Waals surface area contributed by atoms with E-state index < -0.39 is 5.69 Å². The summed E-state index contributed by atoms with van der Waals surface area (Å²) in [4.78, 5) is 29.3. The summed E-state index contributed by atoms with van der Waals surface area (Å²) >= 11 is 1.35. The van der Waals surface area contributed by atoms with Gasteiger partial charge in [0.15, 0.2) is 0 Å². The fourth-order valence-electron chi connectivity index (χ4n) is 3.80. The average Bonchev–Trinajstić information content (AvgIpc) is 3.26. The lowest BCUT2D eigenvalue weighted by molar-refractivity contribution is 0.713. The van der Waals surface area contributed by atoms with Crippen LogP contribution in [0.2, 0.25) is 0 Å². The standard InChI is InChI=1S/C26H17N3O2S/c27-14-17-5-4-6-18(13-17)15-29-25(30)23-22(16-32-24(23)28-26(29)31)21-11-9-20(10-12-21)19-7-2-1-3-8-19/h1-13,16H,15H2,(H,28,31). The highest BCUT2D eigenvalue weighted by atomic mass is 32.1. The summed E-state index contributed by atoms with van der Waals surface area (Å²) in [5.41, 5.74) is 4.34. The molecule has 32 heavy (non-hydrogen) atoms. The second-order valence-electron chi connectivity index (χ2n) is 7.43. The molecule has 0 amide bonds. The van der Waals surface area contributed by atoms with Crippen LogP contribution in [0.3, 0.4) is 0 Å². The number of hydrogen-bond acceptors (Lipinski definition) is 4. The molecular formula is C26H17N3O2S. The highest BCUT2D eigenvalue weighted by molar-refractivity contribution is 7.17. The van der Waals surface area contributed by atoms with Gasteiger partial charge in [0.1, 0.15) is 4.83 Å². The lowest BCUT2D eigenvalue weighted by Gasteiger charge is -2.07. The number of thiophene rings is 1. The third-order valence-electron chi connectivity index (χ3n) is 5.42. The minimum absolute atomic E-state index is 0.0991. The second kappa shape index (κ2) is 8.14. The molecule has 0 aliphatic heterocycles. The molecule has 0 radical (unpaired) electrons. The van der Waals surface area contributed by atoms with Crippen LogP contribution < -0.4 is 11.2 Å². The number of rotatable bonds is 4. The van der Waals surface area contributed by atoms with E-state index in [-0.39, 0.29) is 12.1 Å². The molecule has 0 saturated carbocycles. The van der Waals surface area contributed by atoms with Gasteiger partial charge >= 0.3 is 5.69 Å². The van der Waals surface area contributed by atoms with Crippen molar-refractivity contribution in [2.75, 3.05) is 0 Å². The third-order valence-corrected chi connectivity index (χ3v) is 6.31. The molecule has 5 nitrogen and oxygen atoms in total. The smallest absolute Gasteiger partial charge is 0.298 e. The van der Waals surface area contributed by atoms with Gasteiger partial charge in [0.25, 0.3) is 5.56 Å². The van der Waals surface area contributed by atoms with Gasteiger partial charge in [-0.25, -0.2) is 4.79 Å². The van der Waals surface area contributed by atoms with E-state index >= 15 is 0 Å².